The zero-order valence-electron chi connectivity index (χ0n) is 19.0. The summed E-state index contributed by atoms with van der Waals surface area (Å²) < 4.78 is 0. The van der Waals surface area contributed by atoms with E-state index in [0.29, 0.717) is 5.56 Å². The van der Waals surface area contributed by atoms with Crippen LogP contribution in [0.25, 0.3) is 0 Å². The highest BCUT2D eigenvalue weighted by Gasteiger charge is 2.28. The van der Waals surface area contributed by atoms with Gasteiger partial charge in [-0.2, -0.15) is 0 Å². The summed E-state index contributed by atoms with van der Waals surface area (Å²) in [5.74, 6) is -4.39. The molecule has 0 heterocycles. The summed E-state index contributed by atoms with van der Waals surface area (Å²) in [6.07, 6.45) is -0.283. The van der Waals surface area contributed by atoms with E-state index in [-0.39, 0.29) is 12.8 Å². The van der Waals surface area contributed by atoms with Gasteiger partial charge in [-0.15, -0.1) is 0 Å². The Morgan fingerprint density at radius 2 is 1.31 bits per heavy atom. The van der Waals surface area contributed by atoms with E-state index in [4.69, 9.17) is 11.5 Å². The van der Waals surface area contributed by atoms with Crippen molar-refractivity contribution in [2.24, 2.45) is 11.5 Å². The Hall–Kier alpha value is -4.25. The Morgan fingerprint density at radius 3 is 1.83 bits per heavy atom. The Balaban J connectivity index is 2.00. The van der Waals surface area contributed by atoms with Crippen molar-refractivity contribution in [2.45, 2.75) is 37.4 Å². The molecule has 2 rings (SSSR count). The quantitative estimate of drug-likeness (QED) is 0.207. The predicted octanol–water partition coefficient (Wildman–Crippen LogP) is -1.16. The Kier molecular flexibility index (Phi) is 10.4. The molecule has 0 spiro atoms. The van der Waals surface area contributed by atoms with Crippen LogP contribution in [0.5, 0.6) is 0 Å². The Bertz CT molecular complexity index is 1030. The molecule has 3 unspecified atom stereocenters. The summed E-state index contributed by atoms with van der Waals surface area (Å²) in [4.78, 5) is 60.1. The van der Waals surface area contributed by atoms with Gasteiger partial charge in [0.05, 0.1) is 19.0 Å². The van der Waals surface area contributed by atoms with Gasteiger partial charge in [0.2, 0.25) is 23.6 Å². The number of aliphatic carboxylic acids is 1. The predicted molar refractivity (Wildman–Crippen MR) is 127 cm³/mol. The minimum atomic E-state index is -1.55. The third kappa shape index (κ3) is 9.64. The maximum atomic E-state index is 12.8. The molecule has 0 aliphatic rings. The topological polar surface area (TPSA) is 194 Å². The van der Waals surface area contributed by atoms with Crippen molar-refractivity contribution in [3.05, 3.63) is 71.8 Å². The van der Waals surface area contributed by atoms with E-state index in [0.717, 1.165) is 5.56 Å². The smallest absolute Gasteiger partial charge is 0.326 e. The van der Waals surface area contributed by atoms with E-state index < -0.39 is 60.7 Å². The third-order valence-electron chi connectivity index (χ3n) is 5.01. The van der Waals surface area contributed by atoms with Crippen LogP contribution in [0.1, 0.15) is 17.5 Å². The van der Waals surface area contributed by atoms with Crippen LogP contribution >= 0.6 is 0 Å². The van der Waals surface area contributed by atoms with Gasteiger partial charge in [-0.25, -0.2) is 4.79 Å². The summed E-state index contributed by atoms with van der Waals surface area (Å²) in [6.45, 7) is -0.441. The number of nitrogens with two attached hydrogens (primary N) is 2. The molecule has 3 atom stereocenters. The van der Waals surface area contributed by atoms with E-state index in [9.17, 15) is 29.1 Å². The van der Waals surface area contributed by atoms with Gasteiger partial charge in [0.15, 0.2) is 0 Å². The lowest BCUT2D eigenvalue weighted by molar-refractivity contribution is -0.143. The fraction of sp³-hybridized carbons (Fsp3) is 0.292. The van der Waals surface area contributed by atoms with Crippen molar-refractivity contribution < 1.29 is 29.1 Å². The first-order chi connectivity index (χ1) is 16.7. The monoisotopic (exact) mass is 483 g/mol. The van der Waals surface area contributed by atoms with E-state index in [1.165, 1.54) is 0 Å². The summed E-state index contributed by atoms with van der Waals surface area (Å²) in [5.41, 5.74) is 12.5. The van der Waals surface area contributed by atoms with Gasteiger partial charge in [0.25, 0.3) is 0 Å². The van der Waals surface area contributed by atoms with E-state index >= 15 is 0 Å². The van der Waals surface area contributed by atoms with Crippen molar-refractivity contribution >= 4 is 29.6 Å². The second-order valence-electron chi connectivity index (χ2n) is 7.89. The van der Waals surface area contributed by atoms with E-state index in [2.05, 4.69) is 16.0 Å². The highest BCUT2D eigenvalue weighted by molar-refractivity contribution is 5.93. The molecule has 35 heavy (non-hydrogen) atoms. The molecule has 8 N–H and O–H groups in total. The molecule has 2 aromatic carbocycles. The summed E-state index contributed by atoms with van der Waals surface area (Å²) >= 11 is 0. The van der Waals surface area contributed by atoms with E-state index in [1.807, 2.05) is 30.3 Å². The normalized spacial score (nSPS) is 13.1. The Morgan fingerprint density at radius 1 is 0.771 bits per heavy atom. The summed E-state index contributed by atoms with van der Waals surface area (Å²) in [5, 5.41) is 16.4. The van der Waals surface area contributed by atoms with Crippen molar-refractivity contribution in [1.29, 1.82) is 0 Å². The standard InChI is InChI=1S/C24H29N5O6/c25-17(11-15-7-3-1-4-8-15)22(32)27-14-21(31)28-18(12-16-9-5-2-6-10-16)23(33)29-19(24(34)35)13-20(26)30/h1-10,17-19H,11-14,25H2,(H2,26,30)(H,27,32)(H,28,31)(H,29,33)(H,34,35). The molecule has 0 aliphatic heterocycles. The number of carbonyl (C=O) groups excluding carboxylic acids is 4. The molecular weight excluding hydrogens is 454 g/mol. The van der Waals surface area contributed by atoms with Crippen molar-refractivity contribution in [2.75, 3.05) is 6.54 Å². The highest BCUT2D eigenvalue weighted by atomic mass is 16.4. The van der Waals surface area contributed by atoms with Crippen LogP contribution in [0.15, 0.2) is 60.7 Å². The lowest BCUT2D eigenvalue weighted by atomic mass is 10.0. The minimum absolute atomic E-state index is 0.0444. The zero-order valence-corrected chi connectivity index (χ0v) is 19.0. The Labute approximate surface area is 202 Å². The van der Waals surface area contributed by atoms with Crippen LogP contribution in [0.4, 0.5) is 0 Å². The number of primary amides is 1. The van der Waals surface area contributed by atoms with Crippen LogP contribution in [0, 0.1) is 0 Å². The van der Waals surface area contributed by atoms with Crippen molar-refractivity contribution in [1.82, 2.24) is 16.0 Å². The number of carboxylic acid groups (broad SMARTS) is 1. The molecule has 11 heteroatoms. The van der Waals surface area contributed by atoms with Crippen LogP contribution in [0.2, 0.25) is 0 Å². The van der Waals surface area contributed by atoms with Crippen LogP contribution in [0.3, 0.4) is 0 Å². The number of rotatable bonds is 13. The van der Waals surface area contributed by atoms with Crippen LogP contribution in [-0.2, 0) is 36.8 Å². The van der Waals surface area contributed by atoms with Gasteiger partial charge in [-0.1, -0.05) is 60.7 Å². The van der Waals surface area contributed by atoms with Crippen molar-refractivity contribution in [3.8, 4) is 0 Å². The number of carboxylic acids is 1. The van der Waals surface area contributed by atoms with Gasteiger partial charge < -0.3 is 32.5 Å². The number of hydrogen-bond donors (Lipinski definition) is 6. The number of nitrogens with one attached hydrogen (secondary N) is 3. The highest BCUT2D eigenvalue weighted by Crippen LogP contribution is 2.05. The maximum Gasteiger partial charge on any atom is 0.326 e. The first-order valence-corrected chi connectivity index (χ1v) is 10.9. The van der Waals surface area contributed by atoms with Gasteiger partial charge in [-0.05, 0) is 17.5 Å². The SMILES string of the molecule is NC(=O)CC(NC(=O)C(Cc1ccccc1)NC(=O)CNC(=O)C(N)Cc1ccccc1)C(=O)O. The number of hydrogen-bond acceptors (Lipinski definition) is 6. The van der Waals surface area contributed by atoms with Crippen LogP contribution in [-0.4, -0.2) is 59.4 Å². The fourth-order valence-corrected chi connectivity index (χ4v) is 3.24. The number of benzene rings is 2. The lowest BCUT2D eigenvalue weighted by Crippen LogP contribution is -2.55. The molecule has 4 amide bonds. The third-order valence-corrected chi connectivity index (χ3v) is 5.01. The minimum Gasteiger partial charge on any atom is -0.480 e. The molecule has 186 valence electrons. The second-order valence-corrected chi connectivity index (χ2v) is 7.89. The molecule has 11 nitrogen and oxygen atoms in total. The second kappa shape index (κ2) is 13.5. The summed E-state index contributed by atoms with van der Waals surface area (Å²) in [6, 6.07) is 14.3. The largest absolute Gasteiger partial charge is 0.480 e. The van der Waals surface area contributed by atoms with Gasteiger partial charge in [0.1, 0.15) is 12.1 Å². The van der Waals surface area contributed by atoms with Crippen LogP contribution < -0.4 is 27.4 Å². The maximum absolute atomic E-state index is 12.8. The molecule has 2 aromatic rings. The molecule has 0 fully saturated rings. The molecule has 0 bridgehead atoms. The first-order valence-electron chi connectivity index (χ1n) is 10.9. The number of amides is 4. The first kappa shape index (κ1) is 27.0. The average molecular weight is 484 g/mol. The molecular formula is C24H29N5O6. The molecule has 0 saturated heterocycles. The fourth-order valence-electron chi connectivity index (χ4n) is 3.24. The van der Waals surface area contributed by atoms with Crippen molar-refractivity contribution in [3.63, 3.8) is 0 Å². The number of carbonyl (C=O) groups is 5. The molecule has 0 aliphatic carbocycles. The van der Waals surface area contributed by atoms with E-state index in [1.54, 1.807) is 30.3 Å². The average Bonchev–Trinajstić information content (AvgIpc) is 2.82. The lowest BCUT2D eigenvalue weighted by Gasteiger charge is -2.21. The van der Waals surface area contributed by atoms with Gasteiger partial charge in [0, 0.05) is 6.42 Å². The summed E-state index contributed by atoms with van der Waals surface area (Å²) in [7, 11) is 0. The van der Waals surface area contributed by atoms with Gasteiger partial charge in [-0.3, -0.25) is 19.2 Å². The molecule has 0 saturated carbocycles. The molecule has 0 radical (unpaired) electrons. The molecule has 0 aromatic heterocycles. The van der Waals surface area contributed by atoms with Gasteiger partial charge >= 0.3 is 5.97 Å². The zero-order chi connectivity index (χ0) is 25.8.